The van der Waals surface area contributed by atoms with Crippen molar-refractivity contribution in [2.75, 3.05) is 0 Å². The second kappa shape index (κ2) is 7.06. The molecule has 0 saturated carbocycles. The van der Waals surface area contributed by atoms with Crippen LogP contribution in [0.3, 0.4) is 0 Å². The number of hydrogen-bond acceptors (Lipinski definition) is 2. The van der Waals surface area contributed by atoms with Crippen LogP contribution in [0.25, 0.3) is 6.08 Å². The Morgan fingerprint density at radius 2 is 2.00 bits per heavy atom. The molecule has 1 aromatic carbocycles. The summed E-state index contributed by atoms with van der Waals surface area (Å²) >= 11 is 1.64. The molecule has 0 spiro atoms. The van der Waals surface area contributed by atoms with Crippen LogP contribution in [0.15, 0.2) is 47.9 Å². The maximum atomic E-state index is 11.7. The molecule has 0 radical (unpaired) electrons. The summed E-state index contributed by atoms with van der Waals surface area (Å²) in [6, 6.07) is 12.3. The largest absolute Gasteiger partial charge is 0.348 e. The summed E-state index contributed by atoms with van der Waals surface area (Å²) in [6.45, 7) is 4.93. The Labute approximate surface area is 124 Å². The summed E-state index contributed by atoms with van der Waals surface area (Å²) in [6.07, 6.45) is 3.42. The van der Waals surface area contributed by atoms with Gasteiger partial charge in [-0.3, -0.25) is 4.79 Å². The fourth-order valence-corrected chi connectivity index (χ4v) is 2.45. The summed E-state index contributed by atoms with van der Waals surface area (Å²) in [5, 5.41) is 4.88. The molecule has 2 nitrogen and oxygen atoms in total. The van der Waals surface area contributed by atoms with E-state index in [1.54, 1.807) is 17.4 Å². The Hall–Kier alpha value is -1.87. The first kappa shape index (κ1) is 14.5. The molecule has 0 fully saturated rings. The van der Waals surface area contributed by atoms with Gasteiger partial charge in [-0.25, -0.2) is 0 Å². The zero-order chi connectivity index (χ0) is 14.4. The van der Waals surface area contributed by atoms with Gasteiger partial charge in [-0.15, -0.1) is 11.3 Å². The molecular weight excluding hydrogens is 266 g/mol. The highest BCUT2D eigenvalue weighted by Gasteiger charge is 1.99. The van der Waals surface area contributed by atoms with Gasteiger partial charge in [0.2, 0.25) is 5.91 Å². The Morgan fingerprint density at radius 1 is 1.25 bits per heavy atom. The van der Waals surface area contributed by atoms with Crippen molar-refractivity contribution in [2.24, 2.45) is 0 Å². The van der Waals surface area contributed by atoms with E-state index < -0.39 is 0 Å². The molecule has 3 heteroatoms. The standard InChI is InChI=1S/C17H19NOS/c1-13(2)15-8-5-14(6-9-15)7-10-17(19)18-12-16-4-3-11-20-16/h3-11,13H,12H2,1-2H3,(H,18,19). The van der Waals surface area contributed by atoms with Gasteiger partial charge in [0.05, 0.1) is 6.54 Å². The van der Waals surface area contributed by atoms with Gasteiger partial charge in [0.25, 0.3) is 0 Å². The van der Waals surface area contributed by atoms with Gasteiger partial charge in [0.15, 0.2) is 0 Å². The van der Waals surface area contributed by atoms with Crippen molar-refractivity contribution in [1.82, 2.24) is 5.32 Å². The lowest BCUT2D eigenvalue weighted by Gasteiger charge is -2.04. The van der Waals surface area contributed by atoms with Crippen molar-refractivity contribution >= 4 is 23.3 Å². The van der Waals surface area contributed by atoms with E-state index >= 15 is 0 Å². The number of thiophene rings is 1. The highest BCUT2D eigenvalue weighted by atomic mass is 32.1. The fourth-order valence-electron chi connectivity index (χ4n) is 1.81. The van der Waals surface area contributed by atoms with Gasteiger partial charge < -0.3 is 5.32 Å². The third-order valence-corrected chi connectivity index (χ3v) is 3.92. The number of carbonyl (C=O) groups is 1. The minimum absolute atomic E-state index is 0.0636. The fraction of sp³-hybridized carbons (Fsp3) is 0.235. The summed E-state index contributed by atoms with van der Waals surface area (Å²) in [5.41, 5.74) is 2.35. The van der Waals surface area contributed by atoms with Crippen LogP contribution in [-0.4, -0.2) is 5.91 Å². The van der Waals surface area contributed by atoms with E-state index in [2.05, 4.69) is 31.3 Å². The molecule has 0 aliphatic carbocycles. The molecule has 1 amide bonds. The maximum absolute atomic E-state index is 11.7. The predicted octanol–water partition coefficient (Wildman–Crippen LogP) is 4.20. The maximum Gasteiger partial charge on any atom is 0.244 e. The molecular formula is C17H19NOS. The molecule has 0 aliphatic rings. The van der Waals surface area contributed by atoms with Crippen molar-refractivity contribution in [3.8, 4) is 0 Å². The molecule has 104 valence electrons. The van der Waals surface area contributed by atoms with Crippen molar-refractivity contribution in [1.29, 1.82) is 0 Å². The van der Waals surface area contributed by atoms with E-state index in [1.165, 1.54) is 5.56 Å². The van der Waals surface area contributed by atoms with Crippen molar-refractivity contribution in [3.05, 3.63) is 63.9 Å². The van der Waals surface area contributed by atoms with Crippen LogP contribution in [0.1, 0.15) is 35.8 Å². The molecule has 1 aromatic heterocycles. The minimum atomic E-state index is -0.0636. The number of carbonyl (C=O) groups excluding carboxylic acids is 1. The Kier molecular flexibility index (Phi) is 5.13. The van der Waals surface area contributed by atoms with Crippen molar-refractivity contribution in [2.45, 2.75) is 26.3 Å². The van der Waals surface area contributed by atoms with E-state index in [-0.39, 0.29) is 5.91 Å². The molecule has 20 heavy (non-hydrogen) atoms. The van der Waals surface area contributed by atoms with E-state index in [4.69, 9.17) is 0 Å². The Bertz CT molecular complexity index is 568. The van der Waals surface area contributed by atoms with Crippen LogP contribution in [0, 0.1) is 0 Å². The van der Waals surface area contributed by atoms with E-state index in [0.29, 0.717) is 12.5 Å². The van der Waals surface area contributed by atoms with Gasteiger partial charge in [-0.2, -0.15) is 0 Å². The number of amides is 1. The molecule has 1 N–H and O–H groups in total. The predicted molar refractivity (Wildman–Crippen MR) is 85.7 cm³/mol. The van der Waals surface area contributed by atoms with Crippen molar-refractivity contribution in [3.63, 3.8) is 0 Å². The normalized spacial score (nSPS) is 11.2. The summed E-state index contributed by atoms with van der Waals surface area (Å²) in [5.74, 6) is 0.466. The molecule has 0 unspecified atom stereocenters. The Balaban J connectivity index is 1.86. The van der Waals surface area contributed by atoms with Crippen molar-refractivity contribution < 1.29 is 4.79 Å². The molecule has 2 aromatic rings. The quantitative estimate of drug-likeness (QED) is 0.820. The highest BCUT2D eigenvalue weighted by Crippen LogP contribution is 2.15. The summed E-state index contributed by atoms with van der Waals surface area (Å²) < 4.78 is 0. The molecule has 1 heterocycles. The van der Waals surface area contributed by atoms with Gasteiger partial charge in [0.1, 0.15) is 0 Å². The lowest BCUT2D eigenvalue weighted by atomic mass is 10.0. The smallest absolute Gasteiger partial charge is 0.244 e. The lowest BCUT2D eigenvalue weighted by Crippen LogP contribution is -2.19. The number of benzene rings is 1. The lowest BCUT2D eigenvalue weighted by molar-refractivity contribution is -0.116. The van der Waals surface area contributed by atoms with Crippen LogP contribution >= 0.6 is 11.3 Å². The second-order valence-corrected chi connectivity index (χ2v) is 5.98. The van der Waals surface area contributed by atoms with Gasteiger partial charge in [-0.1, -0.05) is 44.2 Å². The van der Waals surface area contributed by atoms with Gasteiger partial charge in [0, 0.05) is 11.0 Å². The van der Waals surface area contributed by atoms with Crippen LogP contribution in [0.5, 0.6) is 0 Å². The number of nitrogens with one attached hydrogen (secondary N) is 1. The molecule has 0 aliphatic heterocycles. The van der Waals surface area contributed by atoms with E-state index in [1.807, 2.05) is 35.7 Å². The zero-order valence-electron chi connectivity index (χ0n) is 11.8. The molecule has 0 saturated heterocycles. The van der Waals surface area contributed by atoms with Crippen LogP contribution in [0.2, 0.25) is 0 Å². The summed E-state index contributed by atoms with van der Waals surface area (Å²) in [4.78, 5) is 12.9. The average Bonchev–Trinajstić information content (AvgIpc) is 2.96. The molecule has 0 atom stereocenters. The van der Waals surface area contributed by atoms with Crippen LogP contribution < -0.4 is 5.32 Å². The zero-order valence-corrected chi connectivity index (χ0v) is 12.6. The first-order valence-electron chi connectivity index (χ1n) is 6.73. The van der Waals surface area contributed by atoms with Crippen LogP contribution in [0.4, 0.5) is 0 Å². The monoisotopic (exact) mass is 285 g/mol. The first-order valence-corrected chi connectivity index (χ1v) is 7.61. The minimum Gasteiger partial charge on any atom is -0.348 e. The third kappa shape index (κ3) is 4.35. The van der Waals surface area contributed by atoms with E-state index in [9.17, 15) is 4.79 Å². The molecule has 2 rings (SSSR count). The highest BCUT2D eigenvalue weighted by molar-refractivity contribution is 7.09. The Morgan fingerprint density at radius 3 is 2.60 bits per heavy atom. The molecule has 0 bridgehead atoms. The van der Waals surface area contributed by atoms with Gasteiger partial charge in [-0.05, 0) is 34.6 Å². The first-order chi connectivity index (χ1) is 9.65. The topological polar surface area (TPSA) is 29.1 Å². The SMILES string of the molecule is CC(C)c1ccc(C=CC(=O)NCc2cccs2)cc1. The third-order valence-electron chi connectivity index (χ3n) is 3.05. The second-order valence-electron chi connectivity index (χ2n) is 4.95. The van der Waals surface area contributed by atoms with Gasteiger partial charge >= 0.3 is 0 Å². The summed E-state index contributed by atoms with van der Waals surface area (Å²) in [7, 11) is 0. The van der Waals surface area contributed by atoms with E-state index in [0.717, 1.165) is 10.4 Å². The average molecular weight is 285 g/mol. The number of hydrogen-bond donors (Lipinski definition) is 1. The number of rotatable bonds is 5. The van der Waals surface area contributed by atoms with Crippen LogP contribution in [-0.2, 0) is 11.3 Å².